The average molecular weight is 400 g/mol. The van der Waals surface area contributed by atoms with Crippen LogP contribution >= 0.6 is 11.3 Å². The van der Waals surface area contributed by atoms with Crippen molar-refractivity contribution in [3.8, 4) is 0 Å². The highest BCUT2D eigenvalue weighted by atomic mass is 32.1. The Bertz CT molecular complexity index is 1120. The summed E-state index contributed by atoms with van der Waals surface area (Å²) in [7, 11) is 1.60. The quantitative estimate of drug-likeness (QED) is 0.613. The molecule has 0 aliphatic carbocycles. The standard InChI is InChI=1S/C20H20N2O5S/c1-21-18-15(10-16(28-18)19(24)27-12-14-8-5-9-26-14)17(23)22(20(21)25)11-13-6-3-2-4-7-13/h2-4,6-7,10,14H,5,8-9,11-12H2,1H3. The molecule has 3 aromatic rings. The minimum atomic E-state index is -0.502. The van der Waals surface area contributed by atoms with E-state index in [-0.39, 0.29) is 19.3 Å². The Hall–Kier alpha value is -2.71. The van der Waals surface area contributed by atoms with Crippen molar-refractivity contribution in [1.82, 2.24) is 9.13 Å². The van der Waals surface area contributed by atoms with E-state index in [9.17, 15) is 14.4 Å². The van der Waals surface area contributed by atoms with Gasteiger partial charge in [-0.3, -0.25) is 13.9 Å². The molecule has 1 fully saturated rings. The number of carbonyl (C=O) groups is 1. The molecular formula is C20H20N2O5S. The number of hydrogen-bond donors (Lipinski definition) is 0. The van der Waals surface area contributed by atoms with Crippen LogP contribution in [0.4, 0.5) is 0 Å². The van der Waals surface area contributed by atoms with Crippen molar-refractivity contribution in [2.45, 2.75) is 25.5 Å². The number of carbonyl (C=O) groups excluding carboxylic acids is 1. The molecule has 28 heavy (non-hydrogen) atoms. The van der Waals surface area contributed by atoms with Crippen LogP contribution in [0.25, 0.3) is 10.2 Å². The lowest BCUT2D eigenvalue weighted by Crippen LogP contribution is -2.38. The highest BCUT2D eigenvalue weighted by molar-refractivity contribution is 7.20. The zero-order valence-electron chi connectivity index (χ0n) is 15.4. The van der Waals surface area contributed by atoms with E-state index in [1.54, 1.807) is 7.05 Å². The molecule has 1 atom stereocenters. The minimum Gasteiger partial charge on any atom is -0.459 e. The molecule has 0 spiro atoms. The second kappa shape index (κ2) is 7.73. The maximum atomic E-state index is 12.9. The molecule has 3 heterocycles. The molecule has 0 amide bonds. The largest absolute Gasteiger partial charge is 0.459 e. The molecule has 0 radical (unpaired) electrons. The van der Waals surface area contributed by atoms with Crippen LogP contribution < -0.4 is 11.2 Å². The zero-order chi connectivity index (χ0) is 19.7. The van der Waals surface area contributed by atoms with Crippen molar-refractivity contribution in [2.75, 3.05) is 13.2 Å². The molecule has 0 bridgehead atoms. The van der Waals surface area contributed by atoms with E-state index in [2.05, 4.69) is 0 Å². The lowest BCUT2D eigenvalue weighted by Gasteiger charge is -2.08. The van der Waals surface area contributed by atoms with E-state index in [4.69, 9.17) is 9.47 Å². The Morgan fingerprint density at radius 2 is 2.07 bits per heavy atom. The molecule has 8 heteroatoms. The first kappa shape index (κ1) is 18.6. The zero-order valence-corrected chi connectivity index (χ0v) is 16.2. The minimum absolute atomic E-state index is 0.0641. The average Bonchev–Trinajstić information content (AvgIpc) is 3.38. The number of fused-ring (bicyclic) bond motifs is 1. The van der Waals surface area contributed by atoms with Crippen LogP contribution in [-0.2, 0) is 23.1 Å². The highest BCUT2D eigenvalue weighted by Gasteiger charge is 2.21. The van der Waals surface area contributed by atoms with Gasteiger partial charge in [0.2, 0.25) is 0 Å². The summed E-state index contributed by atoms with van der Waals surface area (Å²) >= 11 is 1.09. The predicted molar refractivity (Wildman–Crippen MR) is 106 cm³/mol. The Morgan fingerprint density at radius 1 is 1.29 bits per heavy atom. The molecule has 0 saturated carbocycles. The van der Waals surface area contributed by atoms with E-state index in [0.717, 1.165) is 29.7 Å². The van der Waals surface area contributed by atoms with Crippen molar-refractivity contribution in [3.05, 3.63) is 67.7 Å². The highest BCUT2D eigenvalue weighted by Crippen LogP contribution is 2.23. The van der Waals surface area contributed by atoms with Crippen LogP contribution in [0.2, 0.25) is 0 Å². The number of aromatic nitrogens is 2. The fourth-order valence-corrected chi connectivity index (χ4v) is 4.30. The van der Waals surface area contributed by atoms with Gasteiger partial charge in [0, 0.05) is 13.7 Å². The van der Waals surface area contributed by atoms with Crippen molar-refractivity contribution >= 4 is 27.5 Å². The summed E-state index contributed by atoms with van der Waals surface area (Å²) in [5, 5.41) is 0.340. The molecule has 2 aromatic heterocycles. The first-order chi connectivity index (χ1) is 13.5. The maximum absolute atomic E-state index is 12.9. The molecular weight excluding hydrogens is 380 g/mol. The summed E-state index contributed by atoms with van der Waals surface area (Å²) in [4.78, 5) is 38.7. The fourth-order valence-electron chi connectivity index (χ4n) is 3.31. The summed E-state index contributed by atoms with van der Waals surface area (Å²) in [6, 6.07) is 10.8. The van der Waals surface area contributed by atoms with Crippen LogP contribution in [-0.4, -0.2) is 34.4 Å². The third kappa shape index (κ3) is 3.53. The molecule has 1 unspecified atom stereocenters. The molecule has 1 aromatic carbocycles. The van der Waals surface area contributed by atoms with Crippen LogP contribution in [0, 0.1) is 0 Å². The third-order valence-corrected chi connectivity index (χ3v) is 6.01. The summed E-state index contributed by atoms with van der Waals surface area (Å²) in [5.41, 5.74) is 0.0336. The Kier molecular flexibility index (Phi) is 5.15. The number of esters is 1. The van der Waals surface area contributed by atoms with E-state index < -0.39 is 17.2 Å². The number of thiophene rings is 1. The number of hydrogen-bond acceptors (Lipinski definition) is 6. The van der Waals surface area contributed by atoms with E-state index in [0.29, 0.717) is 21.7 Å². The topological polar surface area (TPSA) is 79.5 Å². The van der Waals surface area contributed by atoms with Gasteiger partial charge in [-0.25, -0.2) is 9.59 Å². The summed E-state index contributed by atoms with van der Waals surface area (Å²) < 4.78 is 13.4. The fraction of sp³-hybridized carbons (Fsp3) is 0.350. The van der Waals surface area contributed by atoms with Gasteiger partial charge in [-0.1, -0.05) is 30.3 Å². The second-order valence-corrected chi connectivity index (χ2v) is 7.81. The summed E-state index contributed by atoms with van der Waals surface area (Å²) in [5.74, 6) is -0.502. The molecule has 4 rings (SSSR count). The van der Waals surface area contributed by atoms with E-state index >= 15 is 0 Å². The molecule has 1 saturated heterocycles. The van der Waals surface area contributed by atoms with Crippen LogP contribution in [0.3, 0.4) is 0 Å². The van der Waals surface area contributed by atoms with Gasteiger partial charge in [-0.15, -0.1) is 11.3 Å². The molecule has 7 nitrogen and oxygen atoms in total. The summed E-state index contributed by atoms with van der Waals surface area (Å²) in [6.07, 6.45) is 1.78. The van der Waals surface area contributed by atoms with Gasteiger partial charge >= 0.3 is 11.7 Å². The van der Waals surface area contributed by atoms with Crippen molar-refractivity contribution in [2.24, 2.45) is 7.05 Å². The van der Waals surface area contributed by atoms with Crippen molar-refractivity contribution in [1.29, 1.82) is 0 Å². The number of ether oxygens (including phenoxy) is 2. The number of nitrogens with zero attached hydrogens (tertiary/aromatic N) is 2. The van der Waals surface area contributed by atoms with E-state index in [1.165, 1.54) is 15.2 Å². The maximum Gasteiger partial charge on any atom is 0.348 e. The Labute approximate surface area is 164 Å². The van der Waals surface area contributed by atoms with Gasteiger partial charge in [0.15, 0.2) is 0 Å². The third-order valence-electron chi connectivity index (χ3n) is 4.82. The van der Waals surface area contributed by atoms with Gasteiger partial charge in [-0.2, -0.15) is 0 Å². The van der Waals surface area contributed by atoms with Gasteiger partial charge < -0.3 is 9.47 Å². The van der Waals surface area contributed by atoms with Gasteiger partial charge in [-0.05, 0) is 24.5 Å². The van der Waals surface area contributed by atoms with E-state index in [1.807, 2.05) is 30.3 Å². The summed E-state index contributed by atoms with van der Waals surface area (Å²) in [6.45, 7) is 1.06. The SMILES string of the molecule is Cn1c(=O)n(Cc2ccccc2)c(=O)c2cc(C(=O)OCC3CCCO3)sc21. The van der Waals surface area contributed by atoms with Crippen molar-refractivity contribution < 1.29 is 14.3 Å². The number of rotatable bonds is 5. The van der Waals surface area contributed by atoms with Crippen LogP contribution in [0.5, 0.6) is 0 Å². The predicted octanol–water partition coefficient (Wildman–Crippen LogP) is 2.15. The smallest absolute Gasteiger partial charge is 0.348 e. The molecule has 0 N–H and O–H groups in total. The monoisotopic (exact) mass is 400 g/mol. The van der Waals surface area contributed by atoms with Gasteiger partial charge in [0.1, 0.15) is 16.3 Å². The van der Waals surface area contributed by atoms with Gasteiger partial charge in [0.25, 0.3) is 5.56 Å². The first-order valence-corrected chi connectivity index (χ1v) is 9.92. The Morgan fingerprint density at radius 3 is 2.79 bits per heavy atom. The first-order valence-electron chi connectivity index (χ1n) is 9.10. The molecule has 146 valence electrons. The second-order valence-electron chi connectivity index (χ2n) is 6.78. The number of aryl methyl sites for hydroxylation is 1. The molecule has 1 aliphatic rings. The van der Waals surface area contributed by atoms with Gasteiger partial charge in [0.05, 0.1) is 18.0 Å². The Balaban J connectivity index is 1.66. The molecule has 1 aliphatic heterocycles. The van der Waals surface area contributed by atoms with Crippen LogP contribution in [0.15, 0.2) is 46.0 Å². The normalized spacial score (nSPS) is 16.5. The number of benzene rings is 1. The van der Waals surface area contributed by atoms with Crippen LogP contribution in [0.1, 0.15) is 28.1 Å². The lowest BCUT2D eigenvalue weighted by molar-refractivity contribution is 0.0165. The lowest BCUT2D eigenvalue weighted by atomic mass is 10.2. The van der Waals surface area contributed by atoms with Crippen molar-refractivity contribution in [3.63, 3.8) is 0 Å².